The number of amides is 1. The summed E-state index contributed by atoms with van der Waals surface area (Å²) < 4.78 is 10.2. The molecular formula is C18H20N2O4. The van der Waals surface area contributed by atoms with Crippen LogP contribution < -0.4 is 5.43 Å². The highest BCUT2D eigenvalue weighted by Gasteiger charge is 2.21. The number of hydrogen-bond acceptors (Lipinski definition) is 5. The third-order valence-electron chi connectivity index (χ3n) is 2.97. The molecule has 0 bridgehead atoms. The van der Waals surface area contributed by atoms with E-state index in [1.807, 2.05) is 18.2 Å². The summed E-state index contributed by atoms with van der Waals surface area (Å²) >= 11 is 0. The lowest BCUT2D eigenvalue weighted by molar-refractivity contribution is -0.136. The zero-order valence-electron chi connectivity index (χ0n) is 14.2. The lowest BCUT2D eigenvalue weighted by Gasteiger charge is -2.19. The Bertz CT molecular complexity index is 751. The van der Waals surface area contributed by atoms with E-state index in [1.165, 1.54) is 6.08 Å². The Morgan fingerprint density at radius 1 is 1.21 bits per heavy atom. The third kappa shape index (κ3) is 4.33. The molecule has 1 aliphatic rings. The molecule has 1 aliphatic carbocycles. The van der Waals surface area contributed by atoms with Gasteiger partial charge in [-0.25, -0.2) is 15.0 Å². The van der Waals surface area contributed by atoms with Gasteiger partial charge in [0.2, 0.25) is 0 Å². The predicted octanol–water partition coefficient (Wildman–Crippen LogP) is 3.03. The number of esters is 1. The molecule has 0 unspecified atom stereocenters. The molecule has 2 rings (SSSR count). The van der Waals surface area contributed by atoms with Crippen molar-refractivity contribution in [2.75, 3.05) is 6.61 Å². The molecule has 1 aromatic rings. The fourth-order valence-electron chi connectivity index (χ4n) is 2.09. The standard InChI is InChI=1S/C18H20N2O4/c1-5-23-16(21)14-10-11-15(13-9-7-6-8-12(13)14)19-20-17(22)24-18(2,3)4/h6-9,11H,5H2,1-4H3,(H,20,22). The van der Waals surface area contributed by atoms with Crippen LogP contribution in [0.5, 0.6) is 0 Å². The molecule has 126 valence electrons. The van der Waals surface area contributed by atoms with E-state index in [0.717, 1.165) is 0 Å². The summed E-state index contributed by atoms with van der Waals surface area (Å²) in [7, 11) is 0. The average molecular weight is 328 g/mol. The van der Waals surface area contributed by atoms with Crippen molar-refractivity contribution < 1.29 is 19.1 Å². The van der Waals surface area contributed by atoms with Gasteiger partial charge in [-0.15, -0.1) is 5.73 Å². The molecule has 24 heavy (non-hydrogen) atoms. The number of benzene rings is 1. The maximum absolute atomic E-state index is 12.0. The molecule has 0 atom stereocenters. The number of rotatable bonds is 3. The fraction of sp³-hybridized carbons (Fsp3) is 0.333. The van der Waals surface area contributed by atoms with E-state index in [4.69, 9.17) is 9.47 Å². The first kappa shape index (κ1) is 17.5. The number of carbonyl (C=O) groups excluding carboxylic acids is 2. The lowest BCUT2D eigenvalue weighted by Crippen LogP contribution is -2.30. The van der Waals surface area contributed by atoms with Crippen molar-refractivity contribution in [3.63, 3.8) is 0 Å². The number of hydrogen-bond donors (Lipinski definition) is 1. The number of ether oxygens (including phenoxy) is 2. The van der Waals surface area contributed by atoms with Crippen LogP contribution in [0.1, 0.15) is 38.8 Å². The molecule has 0 saturated carbocycles. The highest BCUT2D eigenvalue weighted by molar-refractivity contribution is 6.24. The Morgan fingerprint density at radius 3 is 2.50 bits per heavy atom. The van der Waals surface area contributed by atoms with Gasteiger partial charge in [0.25, 0.3) is 0 Å². The Kier molecular flexibility index (Phi) is 5.21. The van der Waals surface area contributed by atoms with E-state index < -0.39 is 17.7 Å². The predicted molar refractivity (Wildman–Crippen MR) is 90.5 cm³/mol. The monoisotopic (exact) mass is 328 g/mol. The van der Waals surface area contributed by atoms with E-state index >= 15 is 0 Å². The van der Waals surface area contributed by atoms with Gasteiger partial charge in [-0.1, -0.05) is 24.3 Å². The van der Waals surface area contributed by atoms with E-state index in [9.17, 15) is 9.59 Å². The van der Waals surface area contributed by atoms with Gasteiger partial charge in [0.15, 0.2) is 0 Å². The van der Waals surface area contributed by atoms with Gasteiger partial charge in [0, 0.05) is 17.2 Å². The van der Waals surface area contributed by atoms with Gasteiger partial charge >= 0.3 is 12.1 Å². The summed E-state index contributed by atoms with van der Waals surface area (Å²) in [4.78, 5) is 23.7. The first-order valence-corrected chi connectivity index (χ1v) is 7.62. The van der Waals surface area contributed by atoms with Crippen molar-refractivity contribution in [2.45, 2.75) is 33.3 Å². The summed E-state index contributed by atoms with van der Waals surface area (Å²) in [6, 6.07) is 7.22. The minimum absolute atomic E-state index is 0.285. The van der Waals surface area contributed by atoms with Crippen LogP contribution in [0.4, 0.5) is 4.79 Å². The van der Waals surface area contributed by atoms with Gasteiger partial charge in [-0.3, -0.25) is 0 Å². The van der Waals surface area contributed by atoms with Crippen molar-refractivity contribution in [1.29, 1.82) is 0 Å². The molecule has 0 radical (unpaired) electrons. The van der Waals surface area contributed by atoms with Crippen molar-refractivity contribution in [3.8, 4) is 0 Å². The second-order valence-corrected chi connectivity index (χ2v) is 6.04. The van der Waals surface area contributed by atoms with Crippen LogP contribution in [0.25, 0.3) is 5.57 Å². The molecule has 0 saturated heterocycles. The topological polar surface area (TPSA) is 77.0 Å². The summed E-state index contributed by atoms with van der Waals surface area (Å²) in [5, 5.41) is 4.06. The lowest BCUT2D eigenvalue weighted by atomic mass is 9.93. The molecule has 1 amide bonds. The number of nitrogens with one attached hydrogen (secondary N) is 1. The van der Waals surface area contributed by atoms with E-state index in [2.05, 4.69) is 16.3 Å². The van der Waals surface area contributed by atoms with Gasteiger partial charge < -0.3 is 9.47 Å². The van der Waals surface area contributed by atoms with Gasteiger partial charge in [0.05, 0.1) is 12.3 Å². The minimum atomic E-state index is -0.652. The molecule has 0 fully saturated rings. The highest BCUT2D eigenvalue weighted by atomic mass is 16.6. The fourth-order valence-corrected chi connectivity index (χ4v) is 2.09. The first-order valence-electron chi connectivity index (χ1n) is 7.62. The highest BCUT2D eigenvalue weighted by Crippen LogP contribution is 2.24. The number of carbonyl (C=O) groups is 2. The molecule has 1 N–H and O–H groups in total. The quantitative estimate of drug-likeness (QED) is 0.525. The maximum atomic E-state index is 12.0. The molecule has 0 heterocycles. The Hall–Kier alpha value is -2.85. The van der Waals surface area contributed by atoms with Crippen LogP contribution >= 0.6 is 0 Å². The molecule has 6 nitrogen and oxygen atoms in total. The van der Waals surface area contributed by atoms with E-state index in [-0.39, 0.29) is 6.61 Å². The van der Waals surface area contributed by atoms with Crippen molar-refractivity contribution in [3.05, 3.63) is 47.2 Å². The Morgan fingerprint density at radius 2 is 1.88 bits per heavy atom. The van der Waals surface area contributed by atoms with Gasteiger partial charge in [0.1, 0.15) is 11.2 Å². The second-order valence-electron chi connectivity index (χ2n) is 6.04. The van der Waals surface area contributed by atoms with Crippen molar-refractivity contribution in [1.82, 2.24) is 5.43 Å². The number of nitrogens with zero attached hydrogens (tertiary/aromatic N) is 1. The van der Waals surface area contributed by atoms with E-state index in [0.29, 0.717) is 22.4 Å². The van der Waals surface area contributed by atoms with E-state index in [1.54, 1.807) is 33.8 Å². The summed E-state index contributed by atoms with van der Waals surface area (Å²) in [6.07, 6.45) is 0.882. The Balaban J connectivity index is 2.30. The molecule has 1 aromatic carbocycles. The largest absolute Gasteiger partial charge is 0.462 e. The van der Waals surface area contributed by atoms with Crippen LogP contribution in [-0.2, 0) is 14.3 Å². The third-order valence-corrected chi connectivity index (χ3v) is 2.97. The first-order chi connectivity index (χ1) is 11.3. The van der Waals surface area contributed by atoms with Crippen LogP contribution in [0.3, 0.4) is 0 Å². The average Bonchev–Trinajstić information content (AvgIpc) is 2.51. The maximum Gasteiger partial charge on any atom is 0.428 e. The summed E-state index contributed by atoms with van der Waals surface area (Å²) in [6.45, 7) is 7.33. The Labute approximate surface area is 140 Å². The normalized spacial score (nSPS) is 14.7. The molecular weight excluding hydrogens is 308 g/mol. The molecule has 0 aromatic heterocycles. The zero-order valence-corrected chi connectivity index (χ0v) is 14.2. The summed E-state index contributed by atoms with van der Waals surface area (Å²) in [5.74, 6) is -0.444. The SMILES string of the molecule is CCOC(=O)C1=C=CC(=NNC(=O)OC(C)(C)C)c2ccccc21. The molecule has 0 aliphatic heterocycles. The van der Waals surface area contributed by atoms with Crippen molar-refractivity contribution in [2.24, 2.45) is 5.10 Å². The number of hydrazone groups is 1. The van der Waals surface area contributed by atoms with Gasteiger partial charge in [-0.05, 0) is 27.7 Å². The van der Waals surface area contributed by atoms with Crippen LogP contribution in [-0.4, -0.2) is 30.0 Å². The smallest absolute Gasteiger partial charge is 0.428 e. The van der Waals surface area contributed by atoms with Crippen LogP contribution in [0.2, 0.25) is 0 Å². The minimum Gasteiger partial charge on any atom is -0.462 e. The number of fused-ring (bicyclic) bond motifs is 1. The molecule has 6 heteroatoms. The van der Waals surface area contributed by atoms with Crippen molar-refractivity contribution >= 4 is 23.3 Å². The van der Waals surface area contributed by atoms with Gasteiger partial charge in [-0.2, -0.15) is 5.10 Å². The van der Waals surface area contributed by atoms with Crippen LogP contribution in [0, 0.1) is 0 Å². The second kappa shape index (κ2) is 7.15. The van der Waals surface area contributed by atoms with Crippen LogP contribution in [0.15, 0.2) is 41.2 Å². The zero-order chi connectivity index (χ0) is 17.7. The molecule has 0 spiro atoms. The summed E-state index contributed by atoms with van der Waals surface area (Å²) in [5.41, 5.74) is 6.79.